The molecule has 1 amide bonds. The number of thiazole rings is 1. The van der Waals surface area contributed by atoms with Crippen LogP contribution >= 0.6 is 11.3 Å². The van der Waals surface area contributed by atoms with Gasteiger partial charge in [-0.15, -0.1) is 11.3 Å². The highest BCUT2D eigenvalue weighted by Crippen LogP contribution is 2.03. The van der Waals surface area contributed by atoms with Gasteiger partial charge in [0.2, 0.25) is 5.91 Å². The van der Waals surface area contributed by atoms with Gasteiger partial charge in [-0.3, -0.25) is 9.69 Å². The van der Waals surface area contributed by atoms with Crippen LogP contribution in [0.4, 0.5) is 0 Å². The average Bonchev–Trinajstić information content (AvgIpc) is 2.77. The van der Waals surface area contributed by atoms with Crippen LogP contribution in [0.15, 0.2) is 10.9 Å². The minimum absolute atomic E-state index is 0.0406. The van der Waals surface area contributed by atoms with Crippen molar-refractivity contribution in [1.29, 1.82) is 0 Å². The van der Waals surface area contributed by atoms with Gasteiger partial charge >= 0.3 is 0 Å². The molecule has 1 N–H and O–H groups in total. The molecule has 0 aliphatic heterocycles. The van der Waals surface area contributed by atoms with Gasteiger partial charge in [0.05, 0.1) is 17.7 Å². The smallest absolute Gasteiger partial charge is 0.234 e. The quantitative estimate of drug-likeness (QED) is 0.698. The van der Waals surface area contributed by atoms with Crippen molar-refractivity contribution in [3.63, 3.8) is 0 Å². The number of nitrogens with zero attached hydrogens (tertiary/aromatic N) is 2. The summed E-state index contributed by atoms with van der Waals surface area (Å²) in [5, 5.41) is 4.84. The average molecular weight is 257 g/mol. The van der Waals surface area contributed by atoms with Crippen LogP contribution in [0.2, 0.25) is 0 Å². The normalized spacial score (nSPS) is 10.8. The molecule has 0 aliphatic carbocycles. The topological polar surface area (TPSA) is 54.5 Å². The summed E-state index contributed by atoms with van der Waals surface area (Å²) < 4.78 is 4.91. The Morgan fingerprint density at radius 1 is 1.65 bits per heavy atom. The molecule has 6 heteroatoms. The van der Waals surface area contributed by atoms with Crippen molar-refractivity contribution in [1.82, 2.24) is 15.2 Å². The lowest BCUT2D eigenvalue weighted by Crippen LogP contribution is -2.35. The van der Waals surface area contributed by atoms with Gasteiger partial charge in [-0.05, 0) is 13.5 Å². The summed E-state index contributed by atoms with van der Waals surface area (Å²) in [5.41, 5.74) is 2.80. The number of amides is 1. The van der Waals surface area contributed by atoms with Gasteiger partial charge in [-0.1, -0.05) is 0 Å². The third-order valence-corrected chi connectivity index (χ3v) is 2.81. The van der Waals surface area contributed by atoms with Crippen molar-refractivity contribution in [2.75, 3.05) is 33.9 Å². The Labute approximate surface area is 106 Å². The fourth-order valence-electron chi connectivity index (χ4n) is 1.39. The number of rotatable bonds is 8. The Morgan fingerprint density at radius 3 is 3.12 bits per heavy atom. The maximum atomic E-state index is 11.5. The molecule has 17 heavy (non-hydrogen) atoms. The van der Waals surface area contributed by atoms with E-state index in [-0.39, 0.29) is 5.91 Å². The molecule has 5 nitrogen and oxygen atoms in total. The van der Waals surface area contributed by atoms with E-state index in [4.69, 9.17) is 4.74 Å². The molecule has 1 aromatic heterocycles. The highest BCUT2D eigenvalue weighted by molar-refractivity contribution is 7.07. The van der Waals surface area contributed by atoms with Crippen molar-refractivity contribution in [3.8, 4) is 0 Å². The number of likely N-dealkylation sites (N-methyl/N-ethyl adjacent to an activating group) is 1. The number of carbonyl (C=O) groups is 1. The SMILES string of the molecule is COCCCNC(=O)CN(C)Cc1cscn1. The van der Waals surface area contributed by atoms with Gasteiger partial charge in [0, 0.05) is 32.2 Å². The van der Waals surface area contributed by atoms with Crippen LogP contribution < -0.4 is 5.32 Å². The van der Waals surface area contributed by atoms with E-state index in [0.717, 1.165) is 12.1 Å². The molecule has 0 bridgehead atoms. The number of hydrogen-bond donors (Lipinski definition) is 1. The summed E-state index contributed by atoms with van der Waals surface area (Å²) in [6.45, 7) is 2.44. The largest absolute Gasteiger partial charge is 0.385 e. The molecule has 96 valence electrons. The first-order valence-corrected chi connectivity index (χ1v) is 6.48. The van der Waals surface area contributed by atoms with Gasteiger partial charge in [-0.25, -0.2) is 4.98 Å². The lowest BCUT2D eigenvalue weighted by Gasteiger charge is -2.14. The van der Waals surface area contributed by atoms with Crippen LogP contribution in [0.3, 0.4) is 0 Å². The van der Waals surface area contributed by atoms with E-state index in [1.165, 1.54) is 0 Å². The van der Waals surface area contributed by atoms with Crippen molar-refractivity contribution >= 4 is 17.2 Å². The second-order valence-corrected chi connectivity index (χ2v) is 4.57. The molecule has 0 unspecified atom stereocenters. The lowest BCUT2D eigenvalue weighted by molar-refractivity contribution is -0.122. The number of hydrogen-bond acceptors (Lipinski definition) is 5. The predicted molar refractivity (Wildman–Crippen MR) is 68.0 cm³/mol. The summed E-state index contributed by atoms with van der Waals surface area (Å²) >= 11 is 1.57. The Balaban J connectivity index is 2.13. The van der Waals surface area contributed by atoms with E-state index in [9.17, 15) is 4.79 Å². The number of methoxy groups -OCH3 is 1. The molecule has 0 saturated carbocycles. The predicted octanol–water partition coefficient (Wildman–Crippen LogP) is 0.728. The molecule has 0 aliphatic rings. The third kappa shape index (κ3) is 6.35. The molecular formula is C11H19N3O2S. The molecule has 0 saturated heterocycles. The van der Waals surface area contributed by atoms with Gasteiger partial charge in [0.1, 0.15) is 0 Å². The standard InChI is InChI=1S/C11H19N3O2S/c1-14(6-10-8-17-9-13-10)7-11(15)12-4-3-5-16-2/h8-9H,3-7H2,1-2H3,(H,12,15). The number of nitrogens with one attached hydrogen (secondary N) is 1. The molecule has 0 atom stereocenters. The number of carbonyl (C=O) groups excluding carboxylic acids is 1. The van der Waals surface area contributed by atoms with Crippen LogP contribution in [0.25, 0.3) is 0 Å². The second-order valence-electron chi connectivity index (χ2n) is 3.85. The van der Waals surface area contributed by atoms with E-state index in [2.05, 4.69) is 10.3 Å². The minimum Gasteiger partial charge on any atom is -0.385 e. The monoisotopic (exact) mass is 257 g/mol. The highest BCUT2D eigenvalue weighted by Gasteiger charge is 2.07. The van der Waals surface area contributed by atoms with Crippen LogP contribution in [0.1, 0.15) is 12.1 Å². The lowest BCUT2D eigenvalue weighted by atomic mass is 10.4. The first-order chi connectivity index (χ1) is 8.22. The van der Waals surface area contributed by atoms with Crippen molar-refractivity contribution in [2.45, 2.75) is 13.0 Å². The van der Waals surface area contributed by atoms with E-state index in [0.29, 0.717) is 26.2 Å². The molecule has 1 aromatic rings. The molecule has 1 heterocycles. The zero-order valence-corrected chi connectivity index (χ0v) is 11.1. The van der Waals surface area contributed by atoms with Crippen molar-refractivity contribution < 1.29 is 9.53 Å². The summed E-state index contributed by atoms with van der Waals surface area (Å²) in [5.74, 6) is 0.0406. The van der Waals surface area contributed by atoms with Gasteiger partial charge in [0.25, 0.3) is 0 Å². The zero-order valence-electron chi connectivity index (χ0n) is 10.3. The number of ether oxygens (including phenoxy) is 1. The van der Waals surface area contributed by atoms with E-state index < -0.39 is 0 Å². The zero-order chi connectivity index (χ0) is 12.5. The summed E-state index contributed by atoms with van der Waals surface area (Å²) in [7, 11) is 3.57. The van der Waals surface area contributed by atoms with E-state index in [1.807, 2.05) is 17.3 Å². The summed E-state index contributed by atoms with van der Waals surface area (Å²) in [4.78, 5) is 17.7. The van der Waals surface area contributed by atoms with Crippen LogP contribution in [-0.4, -0.2) is 49.6 Å². The van der Waals surface area contributed by atoms with Crippen molar-refractivity contribution in [2.24, 2.45) is 0 Å². The van der Waals surface area contributed by atoms with Gasteiger partial charge < -0.3 is 10.1 Å². The van der Waals surface area contributed by atoms with Gasteiger partial charge in [0.15, 0.2) is 0 Å². The molecule has 0 fully saturated rings. The van der Waals surface area contributed by atoms with E-state index in [1.54, 1.807) is 24.0 Å². The van der Waals surface area contributed by atoms with Crippen LogP contribution in [0.5, 0.6) is 0 Å². The molecule has 1 rings (SSSR count). The second kappa shape index (κ2) is 8.16. The molecule has 0 spiro atoms. The Morgan fingerprint density at radius 2 is 2.47 bits per heavy atom. The first-order valence-electron chi connectivity index (χ1n) is 5.53. The number of aromatic nitrogens is 1. The summed E-state index contributed by atoms with van der Waals surface area (Å²) in [6, 6.07) is 0. The van der Waals surface area contributed by atoms with Crippen molar-refractivity contribution in [3.05, 3.63) is 16.6 Å². The molecule has 0 aromatic carbocycles. The Hall–Kier alpha value is -0.980. The first kappa shape index (κ1) is 14.1. The summed E-state index contributed by atoms with van der Waals surface area (Å²) in [6.07, 6.45) is 0.845. The van der Waals surface area contributed by atoms with Gasteiger partial charge in [-0.2, -0.15) is 0 Å². The maximum absolute atomic E-state index is 11.5. The van der Waals surface area contributed by atoms with Crippen LogP contribution in [0, 0.1) is 0 Å². The molecular weight excluding hydrogens is 238 g/mol. The highest BCUT2D eigenvalue weighted by atomic mass is 32.1. The van der Waals surface area contributed by atoms with E-state index >= 15 is 0 Å². The van der Waals surface area contributed by atoms with Crippen LogP contribution in [-0.2, 0) is 16.1 Å². The Kier molecular flexibility index (Phi) is 6.76. The molecule has 0 radical (unpaired) electrons. The third-order valence-electron chi connectivity index (χ3n) is 2.18. The Bertz CT molecular complexity index is 317. The fraction of sp³-hybridized carbons (Fsp3) is 0.636. The fourth-order valence-corrected chi connectivity index (χ4v) is 1.94. The minimum atomic E-state index is 0.0406. The maximum Gasteiger partial charge on any atom is 0.234 e.